The van der Waals surface area contributed by atoms with Crippen LogP contribution in [0.4, 0.5) is 0 Å². The predicted octanol–water partition coefficient (Wildman–Crippen LogP) is 6.76. The Morgan fingerprint density at radius 1 is 0.919 bits per heavy atom. The number of piperazine rings is 1. The van der Waals surface area contributed by atoms with Gasteiger partial charge in [0.25, 0.3) is 0 Å². The average Bonchev–Trinajstić information content (AvgIpc) is 2.95. The molecule has 37 heavy (non-hydrogen) atoms. The Labute approximate surface area is 232 Å². The van der Waals surface area contributed by atoms with E-state index in [4.69, 9.17) is 21.6 Å². The number of thioether (sulfide) groups is 1. The van der Waals surface area contributed by atoms with Crippen LogP contribution in [0.15, 0.2) is 52.6 Å². The van der Waals surface area contributed by atoms with E-state index in [-0.39, 0.29) is 0 Å². The van der Waals surface area contributed by atoms with Crippen LogP contribution >= 0.6 is 23.4 Å². The topological polar surface area (TPSA) is 43.8 Å². The summed E-state index contributed by atoms with van der Waals surface area (Å²) < 4.78 is 0. The molecule has 0 atom stereocenters. The molecule has 0 unspecified atom stereocenters. The van der Waals surface area contributed by atoms with Gasteiger partial charge in [-0.2, -0.15) is 0 Å². The molecule has 1 saturated heterocycles. The third-order valence-electron chi connectivity index (χ3n) is 8.02. The van der Waals surface area contributed by atoms with Crippen molar-refractivity contribution in [2.24, 2.45) is 4.99 Å². The van der Waals surface area contributed by atoms with Crippen molar-refractivity contribution in [2.45, 2.75) is 93.6 Å². The van der Waals surface area contributed by atoms with Gasteiger partial charge in [0.15, 0.2) is 5.96 Å². The molecule has 2 aromatic rings. The lowest BCUT2D eigenvalue weighted by Crippen LogP contribution is -2.54. The lowest BCUT2D eigenvalue weighted by atomic mass is 9.95. The minimum Gasteiger partial charge on any atom is -0.353 e. The molecule has 7 heteroatoms. The highest BCUT2D eigenvalue weighted by Gasteiger charge is 2.25. The molecule has 2 saturated carbocycles. The Morgan fingerprint density at radius 2 is 1.62 bits per heavy atom. The molecule has 200 valence electrons. The van der Waals surface area contributed by atoms with E-state index < -0.39 is 0 Å². The van der Waals surface area contributed by atoms with Gasteiger partial charge in [-0.25, -0.2) is 9.98 Å². The first-order valence-corrected chi connectivity index (χ1v) is 15.7. The smallest absolute Gasteiger partial charge is 0.194 e. The van der Waals surface area contributed by atoms with Gasteiger partial charge < -0.3 is 10.2 Å². The number of rotatable bonds is 7. The lowest BCUT2D eigenvalue weighted by Gasteiger charge is -2.39. The largest absolute Gasteiger partial charge is 0.353 e. The highest BCUT2D eigenvalue weighted by Crippen LogP contribution is 2.27. The number of nitrogens with one attached hydrogen (secondary N) is 1. The molecule has 3 fully saturated rings. The van der Waals surface area contributed by atoms with Crippen LogP contribution in [0.5, 0.6) is 0 Å². The van der Waals surface area contributed by atoms with E-state index in [0.29, 0.717) is 12.1 Å². The SMILES string of the molecule is Clc1ccc(CSc2ncccc2CN2CCN(C(=NC3CCCCC3)NC3CCCCC3)CC2)cc1. The molecule has 0 amide bonds. The highest BCUT2D eigenvalue weighted by atomic mass is 35.5. The fraction of sp³-hybridized carbons (Fsp3) is 0.600. The number of nitrogens with zero attached hydrogens (tertiary/aromatic N) is 4. The van der Waals surface area contributed by atoms with Gasteiger partial charge >= 0.3 is 0 Å². The number of hydrogen-bond acceptors (Lipinski definition) is 4. The molecule has 1 aromatic carbocycles. The molecule has 0 radical (unpaired) electrons. The van der Waals surface area contributed by atoms with Gasteiger partial charge in [0.2, 0.25) is 0 Å². The summed E-state index contributed by atoms with van der Waals surface area (Å²) in [5.41, 5.74) is 2.60. The van der Waals surface area contributed by atoms with Gasteiger partial charge in [-0.1, -0.05) is 68.3 Å². The lowest BCUT2D eigenvalue weighted by molar-refractivity contribution is 0.169. The quantitative estimate of drug-likeness (QED) is 0.239. The Balaban J connectivity index is 1.18. The van der Waals surface area contributed by atoms with Crippen LogP contribution < -0.4 is 5.32 Å². The fourth-order valence-corrected chi connectivity index (χ4v) is 6.86. The zero-order valence-corrected chi connectivity index (χ0v) is 23.7. The van der Waals surface area contributed by atoms with Crippen LogP contribution in [0.3, 0.4) is 0 Å². The van der Waals surface area contributed by atoms with Crippen molar-refractivity contribution in [3.8, 4) is 0 Å². The fourth-order valence-electron chi connectivity index (χ4n) is 5.79. The molecule has 5 rings (SSSR count). The summed E-state index contributed by atoms with van der Waals surface area (Å²) >= 11 is 7.87. The van der Waals surface area contributed by atoms with Gasteiger partial charge in [0, 0.05) is 55.7 Å². The van der Waals surface area contributed by atoms with Crippen molar-refractivity contribution in [3.05, 3.63) is 58.7 Å². The number of pyridine rings is 1. The minimum atomic E-state index is 0.508. The molecule has 2 aliphatic carbocycles. The standard InChI is InChI=1S/C30H42ClN5S/c31-26-15-13-24(14-16-26)23-37-29-25(8-7-17-32-29)22-35-18-20-36(21-19-35)30(33-27-9-3-1-4-10-27)34-28-11-5-2-6-12-28/h7-8,13-17,27-28H,1-6,9-12,18-23H2,(H,33,34). The molecule has 3 aliphatic rings. The van der Waals surface area contributed by atoms with Gasteiger partial charge in [-0.15, -0.1) is 11.8 Å². The van der Waals surface area contributed by atoms with E-state index in [1.54, 1.807) is 0 Å². The summed E-state index contributed by atoms with van der Waals surface area (Å²) in [5.74, 6) is 2.10. The van der Waals surface area contributed by atoms with E-state index in [0.717, 1.165) is 48.5 Å². The second-order valence-electron chi connectivity index (χ2n) is 10.9. The molecule has 5 nitrogen and oxygen atoms in total. The summed E-state index contributed by atoms with van der Waals surface area (Å²) in [5, 5.41) is 5.84. The Morgan fingerprint density at radius 3 is 2.35 bits per heavy atom. The first-order valence-electron chi connectivity index (χ1n) is 14.4. The predicted molar refractivity (Wildman–Crippen MR) is 156 cm³/mol. The van der Waals surface area contributed by atoms with Crippen LogP contribution in [0.1, 0.15) is 75.3 Å². The molecule has 0 bridgehead atoms. The zero-order chi connectivity index (χ0) is 25.3. The number of guanidine groups is 1. The van der Waals surface area contributed by atoms with Crippen LogP contribution in [-0.4, -0.2) is 59.0 Å². The van der Waals surface area contributed by atoms with E-state index in [1.165, 1.54) is 81.3 Å². The third kappa shape index (κ3) is 8.11. The number of benzene rings is 1. The molecule has 1 aromatic heterocycles. The second kappa shape index (κ2) is 13.9. The average molecular weight is 540 g/mol. The summed E-state index contributed by atoms with van der Waals surface area (Å²) in [7, 11) is 0. The summed E-state index contributed by atoms with van der Waals surface area (Å²) in [4.78, 5) is 15.2. The maximum Gasteiger partial charge on any atom is 0.194 e. The van der Waals surface area contributed by atoms with E-state index in [9.17, 15) is 0 Å². The zero-order valence-electron chi connectivity index (χ0n) is 22.1. The number of halogens is 1. The normalized spacial score (nSPS) is 20.8. The van der Waals surface area contributed by atoms with Crippen LogP contribution in [0, 0.1) is 0 Å². The third-order valence-corrected chi connectivity index (χ3v) is 9.39. The Bertz CT molecular complexity index is 993. The van der Waals surface area contributed by atoms with Gasteiger partial charge in [0.1, 0.15) is 5.03 Å². The van der Waals surface area contributed by atoms with Gasteiger partial charge in [0.05, 0.1) is 6.04 Å². The molecule has 0 spiro atoms. The summed E-state index contributed by atoms with van der Waals surface area (Å²) in [6.07, 6.45) is 15.2. The van der Waals surface area contributed by atoms with Gasteiger partial charge in [-0.3, -0.25) is 4.90 Å². The van der Waals surface area contributed by atoms with Crippen molar-refractivity contribution in [3.63, 3.8) is 0 Å². The van der Waals surface area contributed by atoms with Crippen LogP contribution in [0.25, 0.3) is 0 Å². The molecule has 2 heterocycles. The van der Waals surface area contributed by atoms with Crippen molar-refractivity contribution in [1.29, 1.82) is 0 Å². The number of aromatic nitrogens is 1. The van der Waals surface area contributed by atoms with Gasteiger partial charge in [-0.05, 0) is 55.0 Å². The minimum absolute atomic E-state index is 0.508. The van der Waals surface area contributed by atoms with E-state index in [1.807, 2.05) is 30.1 Å². The maximum atomic E-state index is 6.05. The van der Waals surface area contributed by atoms with E-state index >= 15 is 0 Å². The molecule has 1 aliphatic heterocycles. The molecule has 1 N–H and O–H groups in total. The van der Waals surface area contributed by atoms with Crippen molar-refractivity contribution in [2.75, 3.05) is 26.2 Å². The number of hydrogen-bond donors (Lipinski definition) is 1. The van der Waals surface area contributed by atoms with Crippen LogP contribution in [-0.2, 0) is 12.3 Å². The van der Waals surface area contributed by atoms with E-state index in [2.05, 4.69) is 39.4 Å². The molecular weight excluding hydrogens is 498 g/mol. The number of aliphatic imine (C=N–C) groups is 1. The second-order valence-corrected chi connectivity index (χ2v) is 12.3. The summed E-state index contributed by atoms with van der Waals surface area (Å²) in [6, 6.07) is 13.6. The van der Waals surface area contributed by atoms with Crippen molar-refractivity contribution in [1.82, 2.24) is 20.1 Å². The monoisotopic (exact) mass is 539 g/mol. The maximum absolute atomic E-state index is 6.05. The Kier molecular flexibility index (Phi) is 10.1. The van der Waals surface area contributed by atoms with Crippen LogP contribution in [0.2, 0.25) is 5.02 Å². The first kappa shape index (κ1) is 26.8. The Hall–Kier alpha value is -1.76. The molecular formula is C30H42ClN5S. The van der Waals surface area contributed by atoms with Crippen molar-refractivity contribution < 1.29 is 0 Å². The van der Waals surface area contributed by atoms with Crippen molar-refractivity contribution >= 4 is 29.3 Å². The highest BCUT2D eigenvalue weighted by molar-refractivity contribution is 7.98. The first-order chi connectivity index (χ1) is 18.2. The summed E-state index contributed by atoms with van der Waals surface area (Å²) in [6.45, 7) is 5.16.